The number of amides is 1. The molecule has 1 aromatic carbocycles. The molecule has 1 heterocycles. The van der Waals surface area contributed by atoms with Crippen molar-refractivity contribution in [2.75, 3.05) is 5.32 Å². The zero-order valence-corrected chi connectivity index (χ0v) is 9.57. The van der Waals surface area contributed by atoms with E-state index in [1.807, 2.05) is 6.92 Å². The Labute approximate surface area is 98.1 Å². The van der Waals surface area contributed by atoms with Gasteiger partial charge in [-0.15, -0.1) is 0 Å². The van der Waals surface area contributed by atoms with Gasteiger partial charge in [0, 0.05) is 18.8 Å². The highest BCUT2D eigenvalue weighted by Gasteiger charge is 2.12. The molecule has 1 N–H and O–H groups in total. The third-order valence-electron chi connectivity index (χ3n) is 2.47. The summed E-state index contributed by atoms with van der Waals surface area (Å²) >= 11 is 0. The number of anilines is 1. The van der Waals surface area contributed by atoms with E-state index in [4.69, 9.17) is 0 Å². The molecule has 0 fully saturated rings. The Balaban J connectivity index is 2.20. The first-order valence-corrected chi connectivity index (χ1v) is 5.14. The second kappa shape index (κ2) is 4.37. The minimum absolute atomic E-state index is 0.0100. The summed E-state index contributed by atoms with van der Waals surface area (Å²) in [5.74, 6) is -0.628. The van der Waals surface area contributed by atoms with Crippen molar-refractivity contribution < 1.29 is 9.18 Å². The number of halogens is 1. The van der Waals surface area contributed by atoms with Crippen molar-refractivity contribution in [1.82, 2.24) is 9.78 Å². The molecule has 0 aliphatic rings. The summed E-state index contributed by atoms with van der Waals surface area (Å²) < 4.78 is 15.0. The lowest BCUT2D eigenvalue weighted by Gasteiger charge is -2.02. The number of hydrogen-bond donors (Lipinski definition) is 1. The standard InChI is InChI=1S/C12H12FN3O/c1-8-7-11(15-16(8)2)14-12(17)9-5-3-4-6-10(9)13/h3-7H,1-2H3,(H,14,15,17). The summed E-state index contributed by atoms with van der Waals surface area (Å²) in [4.78, 5) is 11.8. The molecule has 0 saturated carbocycles. The van der Waals surface area contributed by atoms with Crippen LogP contribution in [0.1, 0.15) is 16.1 Å². The SMILES string of the molecule is Cc1cc(NC(=O)c2ccccc2F)nn1C. The number of carbonyl (C=O) groups is 1. The van der Waals surface area contributed by atoms with Crippen LogP contribution in [0.4, 0.5) is 10.2 Å². The lowest BCUT2D eigenvalue weighted by Crippen LogP contribution is -2.14. The van der Waals surface area contributed by atoms with E-state index in [9.17, 15) is 9.18 Å². The van der Waals surface area contributed by atoms with Crippen LogP contribution in [0.3, 0.4) is 0 Å². The van der Waals surface area contributed by atoms with Crippen LogP contribution in [0.25, 0.3) is 0 Å². The van der Waals surface area contributed by atoms with Gasteiger partial charge in [-0.1, -0.05) is 12.1 Å². The molecule has 5 heteroatoms. The highest BCUT2D eigenvalue weighted by atomic mass is 19.1. The number of aryl methyl sites for hydroxylation is 2. The minimum atomic E-state index is -0.544. The van der Waals surface area contributed by atoms with Gasteiger partial charge >= 0.3 is 0 Å². The van der Waals surface area contributed by atoms with Crippen molar-refractivity contribution in [2.24, 2.45) is 7.05 Å². The van der Waals surface area contributed by atoms with Gasteiger partial charge in [-0.05, 0) is 19.1 Å². The second-order valence-electron chi connectivity index (χ2n) is 3.73. The van der Waals surface area contributed by atoms with E-state index >= 15 is 0 Å². The number of rotatable bonds is 2. The first-order chi connectivity index (χ1) is 8.08. The fourth-order valence-corrected chi connectivity index (χ4v) is 1.45. The Morgan fingerprint density at radius 3 is 2.71 bits per heavy atom. The van der Waals surface area contributed by atoms with Crippen LogP contribution in [-0.2, 0) is 7.05 Å². The average Bonchev–Trinajstić information content (AvgIpc) is 2.58. The highest BCUT2D eigenvalue weighted by Crippen LogP contribution is 2.11. The number of nitrogens with one attached hydrogen (secondary N) is 1. The van der Waals surface area contributed by atoms with Crippen LogP contribution in [0, 0.1) is 12.7 Å². The zero-order valence-electron chi connectivity index (χ0n) is 9.57. The molecule has 0 aliphatic carbocycles. The van der Waals surface area contributed by atoms with Crippen LogP contribution in [0.2, 0.25) is 0 Å². The lowest BCUT2D eigenvalue weighted by molar-refractivity contribution is 0.102. The quantitative estimate of drug-likeness (QED) is 0.863. The first kappa shape index (κ1) is 11.3. The molecule has 0 saturated heterocycles. The van der Waals surface area contributed by atoms with Crippen molar-refractivity contribution >= 4 is 11.7 Å². The van der Waals surface area contributed by atoms with Crippen molar-refractivity contribution in [3.63, 3.8) is 0 Å². The topological polar surface area (TPSA) is 46.9 Å². The average molecular weight is 233 g/mol. The van der Waals surface area contributed by atoms with Gasteiger partial charge in [0.15, 0.2) is 5.82 Å². The molecule has 0 bridgehead atoms. The molecular weight excluding hydrogens is 221 g/mol. The lowest BCUT2D eigenvalue weighted by atomic mass is 10.2. The summed E-state index contributed by atoms with van der Waals surface area (Å²) in [7, 11) is 1.77. The van der Waals surface area contributed by atoms with E-state index in [-0.39, 0.29) is 5.56 Å². The maximum Gasteiger partial charge on any atom is 0.259 e. The van der Waals surface area contributed by atoms with E-state index in [0.717, 1.165) is 5.69 Å². The fourth-order valence-electron chi connectivity index (χ4n) is 1.45. The van der Waals surface area contributed by atoms with Gasteiger partial charge in [0.2, 0.25) is 0 Å². The largest absolute Gasteiger partial charge is 0.305 e. The van der Waals surface area contributed by atoms with Gasteiger partial charge in [-0.2, -0.15) is 5.10 Å². The number of aromatic nitrogens is 2. The monoisotopic (exact) mass is 233 g/mol. The molecule has 0 spiro atoms. The van der Waals surface area contributed by atoms with E-state index < -0.39 is 11.7 Å². The van der Waals surface area contributed by atoms with Crippen molar-refractivity contribution in [1.29, 1.82) is 0 Å². The van der Waals surface area contributed by atoms with Crippen LogP contribution >= 0.6 is 0 Å². The van der Waals surface area contributed by atoms with Gasteiger partial charge in [0.25, 0.3) is 5.91 Å². The van der Waals surface area contributed by atoms with Crippen molar-refractivity contribution in [3.8, 4) is 0 Å². The fraction of sp³-hybridized carbons (Fsp3) is 0.167. The van der Waals surface area contributed by atoms with Crippen molar-refractivity contribution in [3.05, 3.63) is 47.4 Å². The van der Waals surface area contributed by atoms with E-state index in [0.29, 0.717) is 5.82 Å². The Bertz CT molecular complexity index is 543. The third-order valence-corrected chi connectivity index (χ3v) is 2.47. The van der Waals surface area contributed by atoms with Gasteiger partial charge in [-0.25, -0.2) is 4.39 Å². The van der Waals surface area contributed by atoms with Crippen LogP contribution in [0.5, 0.6) is 0 Å². The van der Waals surface area contributed by atoms with Crippen LogP contribution in [0.15, 0.2) is 30.3 Å². The van der Waals surface area contributed by atoms with Crippen molar-refractivity contribution in [2.45, 2.75) is 6.92 Å². The molecule has 17 heavy (non-hydrogen) atoms. The maximum atomic E-state index is 13.3. The van der Waals surface area contributed by atoms with Gasteiger partial charge in [0.1, 0.15) is 5.82 Å². The number of benzene rings is 1. The summed E-state index contributed by atoms with van der Waals surface area (Å²) in [6.07, 6.45) is 0. The molecule has 2 aromatic rings. The normalized spacial score (nSPS) is 10.3. The molecule has 1 amide bonds. The summed E-state index contributed by atoms with van der Waals surface area (Å²) in [6, 6.07) is 7.55. The van der Waals surface area contributed by atoms with E-state index in [1.165, 1.54) is 18.2 Å². The molecule has 0 unspecified atom stereocenters. The van der Waals surface area contributed by atoms with Crippen LogP contribution in [-0.4, -0.2) is 15.7 Å². The van der Waals surface area contributed by atoms with Crippen LogP contribution < -0.4 is 5.32 Å². The van der Waals surface area contributed by atoms with E-state index in [1.54, 1.807) is 23.9 Å². The molecular formula is C12H12FN3O. The summed E-state index contributed by atoms with van der Waals surface area (Å²) in [5.41, 5.74) is 0.921. The zero-order chi connectivity index (χ0) is 12.4. The second-order valence-corrected chi connectivity index (χ2v) is 3.73. The minimum Gasteiger partial charge on any atom is -0.305 e. The van der Waals surface area contributed by atoms with Gasteiger partial charge < -0.3 is 5.32 Å². The van der Waals surface area contributed by atoms with Gasteiger partial charge in [0.05, 0.1) is 5.56 Å². The molecule has 0 aliphatic heterocycles. The molecule has 2 rings (SSSR count). The molecule has 0 atom stereocenters. The smallest absolute Gasteiger partial charge is 0.259 e. The van der Waals surface area contributed by atoms with E-state index in [2.05, 4.69) is 10.4 Å². The number of carbonyl (C=O) groups excluding carboxylic acids is 1. The Hall–Kier alpha value is -2.17. The predicted octanol–water partition coefficient (Wildman–Crippen LogP) is 2.12. The summed E-state index contributed by atoms with van der Waals surface area (Å²) in [5, 5.41) is 6.62. The predicted molar refractivity (Wildman–Crippen MR) is 62.3 cm³/mol. The number of hydrogen-bond acceptors (Lipinski definition) is 2. The Kier molecular flexibility index (Phi) is 2.91. The Morgan fingerprint density at radius 2 is 2.12 bits per heavy atom. The number of nitrogens with zero attached hydrogens (tertiary/aromatic N) is 2. The first-order valence-electron chi connectivity index (χ1n) is 5.14. The molecule has 88 valence electrons. The molecule has 1 aromatic heterocycles. The Morgan fingerprint density at radius 1 is 1.41 bits per heavy atom. The third kappa shape index (κ3) is 2.33. The summed E-state index contributed by atoms with van der Waals surface area (Å²) in [6.45, 7) is 1.87. The molecule has 0 radical (unpaired) electrons. The highest BCUT2D eigenvalue weighted by molar-refractivity contribution is 6.03. The molecule has 4 nitrogen and oxygen atoms in total. The maximum absolute atomic E-state index is 13.3. The van der Waals surface area contributed by atoms with Gasteiger partial charge in [-0.3, -0.25) is 9.48 Å².